The fourth-order valence-corrected chi connectivity index (χ4v) is 5.99. The van der Waals surface area contributed by atoms with Gasteiger partial charge in [0.25, 0.3) is 0 Å². The standard InChI is InChI=1S/C23H33N3O4S/c1-23(2,3)30-22(28)26-15-7-9-16(10-8-15)29-20-19-18-14(11-12-27)5-4-6-17(18)31-21(19)25-13-24-20/h13-16,27H,4-12H2,1-3H3,(H,26,28). The lowest BCUT2D eigenvalue weighted by Crippen LogP contribution is -2.42. The van der Waals surface area contributed by atoms with Crippen LogP contribution in [0.15, 0.2) is 6.33 Å². The zero-order valence-electron chi connectivity index (χ0n) is 18.6. The number of aliphatic hydroxyl groups excluding tert-OH is 1. The number of ether oxygens (including phenoxy) is 2. The molecule has 0 radical (unpaired) electrons. The summed E-state index contributed by atoms with van der Waals surface area (Å²) in [5, 5.41) is 13.6. The minimum Gasteiger partial charge on any atom is -0.474 e. The molecule has 0 saturated heterocycles. The second-order valence-electron chi connectivity index (χ2n) is 9.64. The van der Waals surface area contributed by atoms with Crippen LogP contribution < -0.4 is 10.1 Å². The van der Waals surface area contributed by atoms with Gasteiger partial charge in [-0.25, -0.2) is 14.8 Å². The van der Waals surface area contributed by atoms with Crippen LogP contribution in [0.5, 0.6) is 5.88 Å². The lowest BCUT2D eigenvalue weighted by Gasteiger charge is -2.30. The molecule has 7 nitrogen and oxygen atoms in total. The fraction of sp³-hybridized carbons (Fsp3) is 0.696. The van der Waals surface area contributed by atoms with Gasteiger partial charge < -0.3 is 19.9 Å². The molecule has 2 aliphatic rings. The van der Waals surface area contributed by atoms with Gasteiger partial charge in [0, 0.05) is 17.5 Å². The van der Waals surface area contributed by atoms with Crippen molar-refractivity contribution in [2.75, 3.05) is 6.61 Å². The Labute approximate surface area is 187 Å². The van der Waals surface area contributed by atoms with Gasteiger partial charge in [-0.1, -0.05) is 0 Å². The molecule has 1 unspecified atom stereocenters. The maximum atomic E-state index is 12.0. The summed E-state index contributed by atoms with van der Waals surface area (Å²) in [6.45, 7) is 5.80. The van der Waals surface area contributed by atoms with Crippen LogP contribution >= 0.6 is 11.3 Å². The van der Waals surface area contributed by atoms with Crippen molar-refractivity contribution in [1.82, 2.24) is 15.3 Å². The van der Waals surface area contributed by atoms with Crippen LogP contribution in [0.3, 0.4) is 0 Å². The lowest BCUT2D eigenvalue weighted by atomic mass is 9.84. The summed E-state index contributed by atoms with van der Waals surface area (Å²) in [5.41, 5.74) is 0.812. The summed E-state index contributed by atoms with van der Waals surface area (Å²) in [6, 6.07) is 0.114. The number of rotatable bonds is 5. The van der Waals surface area contributed by atoms with Crippen LogP contribution in [-0.2, 0) is 11.2 Å². The highest BCUT2D eigenvalue weighted by molar-refractivity contribution is 7.18. The number of hydrogen-bond acceptors (Lipinski definition) is 7. The van der Waals surface area contributed by atoms with Gasteiger partial charge >= 0.3 is 6.09 Å². The molecule has 0 aliphatic heterocycles. The Morgan fingerprint density at radius 3 is 2.71 bits per heavy atom. The van der Waals surface area contributed by atoms with Crippen molar-refractivity contribution in [2.24, 2.45) is 0 Å². The van der Waals surface area contributed by atoms with Crippen molar-refractivity contribution < 1.29 is 19.4 Å². The summed E-state index contributed by atoms with van der Waals surface area (Å²) >= 11 is 1.74. The van der Waals surface area contributed by atoms with Gasteiger partial charge in [-0.15, -0.1) is 11.3 Å². The molecule has 2 aliphatic carbocycles. The van der Waals surface area contributed by atoms with Crippen LogP contribution in [-0.4, -0.2) is 45.5 Å². The first-order valence-electron chi connectivity index (χ1n) is 11.4. The number of thiophene rings is 1. The predicted molar refractivity (Wildman–Crippen MR) is 121 cm³/mol. The van der Waals surface area contributed by atoms with E-state index < -0.39 is 5.60 Å². The SMILES string of the molecule is CC(C)(C)OC(=O)NC1CCC(Oc2ncnc3sc4c(c23)C(CCO)CCC4)CC1. The highest BCUT2D eigenvalue weighted by Crippen LogP contribution is 2.45. The number of alkyl carbamates (subject to hydrolysis) is 1. The highest BCUT2D eigenvalue weighted by Gasteiger charge is 2.30. The lowest BCUT2D eigenvalue weighted by molar-refractivity contribution is 0.0470. The number of carbonyl (C=O) groups is 1. The number of aliphatic hydroxyl groups is 1. The Kier molecular flexibility index (Phi) is 6.67. The van der Waals surface area contributed by atoms with E-state index in [9.17, 15) is 9.90 Å². The molecule has 8 heteroatoms. The van der Waals surface area contributed by atoms with Crippen LogP contribution in [0.2, 0.25) is 0 Å². The van der Waals surface area contributed by atoms with Crippen molar-refractivity contribution in [1.29, 1.82) is 0 Å². The van der Waals surface area contributed by atoms with E-state index in [0.717, 1.165) is 61.6 Å². The van der Waals surface area contributed by atoms with Crippen LogP contribution in [0, 0.1) is 0 Å². The Morgan fingerprint density at radius 2 is 2.00 bits per heavy atom. The van der Waals surface area contributed by atoms with Crippen molar-refractivity contribution >= 4 is 27.6 Å². The molecule has 2 N–H and O–H groups in total. The molecule has 0 aromatic carbocycles. The molecule has 4 rings (SSSR count). The summed E-state index contributed by atoms with van der Waals surface area (Å²) in [4.78, 5) is 23.4. The van der Waals surface area contributed by atoms with E-state index in [1.54, 1.807) is 17.7 Å². The summed E-state index contributed by atoms with van der Waals surface area (Å²) in [5.74, 6) is 1.03. The van der Waals surface area contributed by atoms with Crippen LogP contribution in [0.1, 0.15) is 82.1 Å². The zero-order chi connectivity index (χ0) is 22.0. The number of nitrogens with one attached hydrogen (secondary N) is 1. The Morgan fingerprint density at radius 1 is 1.23 bits per heavy atom. The second-order valence-corrected chi connectivity index (χ2v) is 10.7. The number of hydrogen-bond donors (Lipinski definition) is 2. The average molecular weight is 448 g/mol. The van der Waals surface area contributed by atoms with Gasteiger partial charge in [0.2, 0.25) is 5.88 Å². The topological polar surface area (TPSA) is 93.6 Å². The molecule has 1 atom stereocenters. The minimum absolute atomic E-state index is 0.0743. The Bertz CT molecular complexity index is 915. The molecular weight excluding hydrogens is 414 g/mol. The minimum atomic E-state index is -0.490. The first-order chi connectivity index (χ1) is 14.8. The second kappa shape index (κ2) is 9.28. The normalized spacial score (nSPS) is 23.9. The van der Waals surface area contributed by atoms with E-state index in [0.29, 0.717) is 11.8 Å². The molecule has 0 spiro atoms. The van der Waals surface area contributed by atoms with E-state index in [-0.39, 0.29) is 24.8 Å². The smallest absolute Gasteiger partial charge is 0.407 e. The number of aryl methyl sites for hydroxylation is 1. The van der Waals surface area contributed by atoms with E-state index in [4.69, 9.17) is 9.47 Å². The molecule has 2 aromatic rings. The zero-order valence-corrected chi connectivity index (χ0v) is 19.5. The summed E-state index contributed by atoms with van der Waals surface area (Å²) in [6.07, 6.45) is 8.83. The van der Waals surface area contributed by atoms with Gasteiger partial charge in [0.05, 0.1) is 5.39 Å². The quantitative estimate of drug-likeness (QED) is 0.690. The molecular formula is C23H33N3O4S. The third-order valence-electron chi connectivity index (χ3n) is 6.08. The number of fused-ring (bicyclic) bond motifs is 3. The van der Waals surface area contributed by atoms with Crippen LogP contribution in [0.4, 0.5) is 4.79 Å². The monoisotopic (exact) mass is 447 g/mol. The van der Waals surface area contributed by atoms with Gasteiger partial charge in [0.15, 0.2) is 0 Å². The molecule has 2 aromatic heterocycles. The predicted octanol–water partition coefficient (Wildman–Crippen LogP) is 4.71. The number of amides is 1. The number of carbonyl (C=O) groups excluding carboxylic acids is 1. The van der Waals surface area contributed by atoms with E-state index >= 15 is 0 Å². The molecule has 31 heavy (non-hydrogen) atoms. The van der Waals surface area contributed by atoms with Gasteiger partial charge in [-0.05, 0) is 83.6 Å². The van der Waals surface area contributed by atoms with Crippen molar-refractivity contribution in [3.63, 3.8) is 0 Å². The number of nitrogens with zero attached hydrogens (tertiary/aromatic N) is 2. The third kappa shape index (κ3) is 5.29. The fourth-order valence-electron chi connectivity index (χ4n) is 4.74. The van der Waals surface area contributed by atoms with E-state index in [1.807, 2.05) is 20.8 Å². The summed E-state index contributed by atoms with van der Waals surface area (Å²) < 4.78 is 11.8. The molecule has 170 valence electrons. The van der Waals surface area contributed by atoms with Gasteiger partial charge in [-0.3, -0.25) is 0 Å². The molecule has 1 saturated carbocycles. The highest BCUT2D eigenvalue weighted by atomic mass is 32.1. The molecule has 0 bridgehead atoms. The largest absolute Gasteiger partial charge is 0.474 e. The van der Waals surface area contributed by atoms with Gasteiger partial charge in [0.1, 0.15) is 22.9 Å². The molecule has 2 heterocycles. The van der Waals surface area contributed by atoms with Crippen molar-refractivity contribution in [3.05, 3.63) is 16.8 Å². The summed E-state index contributed by atoms with van der Waals surface area (Å²) in [7, 11) is 0. The Balaban J connectivity index is 1.43. The molecule has 1 amide bonds. The average Bonchev–Trinajstić information content (AvgIpc) is 3.09. The van der Waals surface area contributed by atoms with Crippen molar-refractivity contribution in [3.8, 4) is 5.88 Å². The van der Waals surface area contributed by atoms with Crippen LogP contribution in [0.25, 0.3) is 10.2 Å². The van der Waals surface area contributed by atoms with Gasteiger partial charge in [-0.2, -0.15) is 0 Å². The maximum absolute atomic E-state index is 12.0. The third-order valence-corrected chi connectivity index (χ3v) is 7.26. The molecule has 1 fully saturated rings. The van der Waals surface area contributed by atoms with E-state index in [1.165, 1.54) is 10.4 Å². The Hall–Kier alpha value is -1.93. The maximum Gasteiger partial charge on any atom is 0.407 e. The van der Waals surface area contributed by atoms with Crippen molar-refractivity contribution in [2.45, 2.75) is 95.8 Å². The number of aromatic nitrogens is 2. The first-order valence-corrected chi connectivity index (χ1v) is 12.2. The first kappa shape index (κ1) is 22.3. The van der Waals surface area contributed by atoms with E-state index in [2.05, 4.69) is 15.3 Å².